The van der Waals surface area contributed by atoms with Crippen molar-refractivity contribution in [1.29, 1.82) is 5.41 Å². The number of rotatable bonds is 7. The van der Waals surface area contributed by atoms with Crippen molar-refractivity contribution in [2.45, 2.75) is 31.8 Å². The standard InChI is InChI=1S/C27H28N6O2/c1-3-23(34)33-14-17-12-21(22(33)13-17)32-27-24(26(29)30-15-31-27)25(28)18-7-9-19(10-8-18)35-20-6-4-5-16(2)11-20/h3-11,15,17,21-22,28H,1,12-14H2,2H3,(H3,29,30,31,32). The third-order valence-corrected chi connectivity index (χ3v) is 6.76. The van der Waals surface area contributed by atoms with Gasteiger partial charge in [0.05, 0.1) is 17.3 Å². The summed E-state index contributed by atoms with van der Waals surface area (Å²) in [7, 11) is 0. The summed E-state index contributed by atoms with van der Waals surface area (Å²) in [5.74, 6) is 2.57. The van der Waals surface area contributed by atoms with Crippen molar-refractivity contribution in [2.75, 3.05) is 17.6 Å². The molecule has 2 aromatic carbocycles. The Kier molecular flexibility index (Phi) is 5.94. The van der Waals surface area contributed by atoms with E-state index in [0.717, 1.165) is 30.7 Å². The molecule has 2 fully saturated rings. The third-order valence-electron chi connectivity index (χ3n) is 6.76. The number of hydrogen-bond acceptors (Lipinski definition) is 7. The maximum Gasteiger partial charge on any atom is 0.246 e. The highest BCUT2D eigenvalue weighted by Crippen LogP contribution is 2.40. The second-order valence-corrected chi connectivity index (χ2v) is 9.15. The second kappa shape index (κ2) is 9.21. The van der Waals surface area contributed by atoms with Crippen molar-refractivity contribution >= 4 is 23.3 Å². The fourth-order valence-electron chi connectivity index (χ4n) is 5.13. The summed E-state index contributed by atoms with van der Waals surface area (Å²) in [5.41, 5.74) is 8.67. The normalized spacial score (nSPS) is 20.5. The molecule has 3 atom stereocenters. The number of likely N-dealkylation sites (tertiary alicyclic amines) is 1. The number of aryl methyl sites for hydroxylation is 1. The molecule has 8 nitrogen and oxygen atoms in total. The number of piperidine rings is 1. The van der Waals surface area contributed by atoms with Crippen LogP contribution in [-0.4, -0.2) is 45.1 Å². The average molecular weight is 469 g/mol. The summed E-state index contributed by atoms with van der Waals surface area (Å²) in [6.45, 7) is 6.41. The van der Waals surface area contributed by atoms with Gasteiger partial charge in [0.15, 0.2) is 0 Å². The van der Waals surface area contributed by atoms with Crippen LogP contribution in [0.15, 0.2) is 67.5 Å². The minimum atomic E-state index is -0.0489. The van der Waals surface area contributed by atoms with Crippen LogP contribution in [0.3, 0.4) is 0 Å². The highest BCUT2D eigenvalue weighted by molar-refractivity contribution is 6.16. The molecule has 0 spiro atoms. The van der Waals surface area contributed by atoms with Crippen molar-refractivity contribution in [1.82, 2.24) is 14.9 Å². The van der Waals surface area contributed by atoms with Crippen LogP contribution >= 0.6 is 0 Å². The first kappa shape index (κ1) is 22.6. The number of fused-ring (bicyclic) bond motifs is 2. The molecule has 3 aromatic rings. The Morgan fingerprint density at radius 3 is 2.71 bits per heavy atom. The molecule has 8 heteroatoms. The summed E-state index contributed by atoms with van der Waals surface area (Å²) in [6.07, 6.45) is 4.65. The van der Waals surface area contributed by atoms with Crippen LogP contribution in [0.5, 0.6) is 11.5 Å². The number of hydrogen-bond donors (Lipinski definition) is 3. The highest BCUT2D eigenvalue weighted by atomic mass is 16.5. The first-order valence-corrected chi connectivity index (χ1v) is 11.7. The summed E-state index contributed by atoms with van der Waals surface area (Å²) < 4.78 is 5.93. The van der Waals surface area contributed by atoms with E-state index in [9.17, 15) is 4.79 Å². The first-order chi connectivity index (χ1) is 16.9. The van der Waals surface area contributed by atoms with Gasteiger partial charge in [0, 0.05) is 18.2 Å². The van der Waals surface area contributed by atoms with E-state index in [4.69, 9.17) is 15.9 Å². The molecule has 3 unspecified atom stereocenters. The topological polar surface area (TPSA) is 117 Å². The zero-order valence-corrected chi connectivity index (χ0v) is 19.6. The molecule has 2 bridgehead atoms. The predicted molar refractivity (Wildman–Crippen MR) is 136 cm³/mol. The van der Waals surface area contributed by atoms with Gasteiger partial charge < -0.3 is 20.7 Å². The van der Waals surface area contributed by atoms with Gasteiger partial charge in [0.1, 0.15) is 29.5 Å². The van der Waals surface area contributed by atoms with Gasteiger partial charge in [0.25, 0.3) is 0 Å². The Morgan fingerprint density at radius 1 is 1.20 bits per heavy atom. The first-order valence-electron chi connectivity index (χ1n) is 11.7. The number of amides is 1. The lowest BCUT2D eigenvalue weighted by molar-refractivity contribution is -0.127. The molecule has 35 heavy (non-hydrogen) atoms. The van der Waals surface area contributed by atoms with Crippen molar-refractivity contribution in [3.8, 4) is 11.5 Å². The number of benzene rings is 2. The molecule has 1 saturated carbocycles. The number of ether oxygens (including phenoxy) is 1. The Hall–Kier alpha value is -4.20. The number of anilines is 2. The Bertz CT molecular complexity index is 1290. The predicted octanol–water partition coefficient (Wildman–Crippen LogP) is 4.16. The van der Waals surface area contributed by atoms with E-state index in [2.05, 4.69) is 21.9 Å². The van der Waals surface area contributed by atoms with E-state index < -0.39 is 0 Å². The monoisotopic (exact) mass is 468 g/mol. The molecule has 1 aliphatic carbocycles. The van der Waals surface area contributed by atoms with Crippen LogP contribution in [0.2, 0.25) is 0 Å². The number of nitrogen functional groups attached to an aromatic ring is 1. The lowest BCUT2D eigenvalue weighted by Crippen LogP contribution is -2.47. The Balaban J connectivity index is 1.35. The van der Waals surface area contributed by atoms with Crippen LogP contribution in [0.1, 0.15) is 29.5 Å². The van der Waals surface area contributed by atoms with E-state index in [1.807, 2.05) is 60.4 Å². The zero-order chi connectivity index (χ0) is 24.5. The number of nitrogens with one attached hydrogen (secondary N) is 2. The van der Waals surface area contributed by atoms with E-state index in [-0.39, 0.29) is 29.5 Å². The SMILES string of the molecule is C=CC(=O)N1CC2CC(Nc3ncnc(N)c3C(=N)c3ccc(Oc4cccc(C)c4)cc3)C1C2. The lowest BCUT2D eigenvalue weighted by Gasteiger charge is -2.33. The third kappa shape index (κ3) is 4.47. The van der Waals surface area contributed by atoms with Gasteiger partial charge in [-0.15, -0.1) is 0 Å². The van der Waals surface area contributed by atoms with Crippen LogP contribution in [-0.2, 0) is 4.79 Å². The number of aromatic nitrogens is 2. The van der Waals surface area contributed by atoms with E-state index in [1.165, 1.54) is 12.4 Å². The molecule has 1 amide bonds. The zero-order valence-electron chi connectivity index (χ0n) is 19.6. The minimum absolute atomic E-state index is 0.0311. The smallest absolute Gasteiger partial charge is 0.246 e. The Morgan fingerprint density at radius 2 is 2.00 bits per heavy atom. The van der Waals surface area contributed by atoms with Crippen molar-refractivity contribution < 1.29 is 9.53 Å². The van der Waals surface area contributed by atoms with Gasteiger partial charge in [0.2, 0.25) is 5.91 Å². The molecule has 2 aliphatic rings. The molecule has 2 heterocycles. The number of carbonyl (C=O) groups is 1. The fraction of sp³-hybridized carbons (Fsp3) is 0.259. The van der Waals surface area contributed by atoms with Crippen LogP contribution in [0.4, 0.5) is 11.6 Å². The van der Waals surface area contributed by atoms with Gasteiger partial charge in [-0.3, -0.25) is 10.2 Å². The largest absolute Gasteiger partial charge is 0.457 e. The quantitative estimate of drug-likeness (QED) is 0.354. The van der Waals surface area contributed by atoms with Crippen LogP contribution in [0.25, 0.3) is 0 Å². The number of nitrogens with two attached hydrogens (primary N) is 1. The van der Waals surface area contributed by atoms with Crippen LogP contribution in [0, 0.1) is 18.3 Å². The molecule has 1 aromatic heterocycles. The number of nitrogens with zero attached hydrogens (tertiary/aromatic N) is 3. The van der Waals surface area contributed by atoms with Gasteiger partial charge in [-0.1, -0.05) is 18.7 Å². The van der Waals surface area contributed by atoms with E-state index in [1.54, 1.807) is 0 Å². The molecule has 4 N–H and O–H groups in total. The van der Waals surface area contributed by atoms with Gasteiger partial charge in [-0.25, -0.2) is 9.97 Å². The average Bonchev–Trinajstić information content (AvgIpc) is 3.45. The lowest BCUT2D eigenvalue weighted by atomic mass is 10.0. The van der Waals surface area contributed by atoms with E-state index in [0.29, 0.717) is 28.6 Å². The molecule has 1 aliphatic heterocycles. The van der Waals surface area contributed by atoms with Crippen molar-refractivity contribution in [3.63, 3.8) is 0 Å². The maximum absolute atomic E-state index is 12.3. The summed E-state index contributed by atoms with van der Waals surface area (Å²) in [4.78, 5) is 22.7. The summed E-state index contributed by atoms with van der Waals surface area (Å²) in [5, 5.41) is 12.3. The van der Waals surface area contributed by atoms with Crippen molar-refractivity contribution in [2.24, 2.45) is 5.92 Å². The fourth-order valence-corrected chi connectivity index (χ4v) is 5.13. The number of carbonyl (C=O) groups excluding carboxylic acids is 1. The Labute approximate surface area is 204 Å². The van der Waals surface area contributed by atoms with E-state index >= 15 is 0 Å². The summed E-state index contributed by atoms with van der Waals surface area (Å²) >= 11 is 0. The maximum atomic E-state index is 12.3. The van der Waals surface area contributed by atoms with Crippen LogP contribution < -0.4 is 15.8 Å². The van der Waals surface area contributed by atoms with Crippen molar-refractivity contribution in [3.05, 3.63) is 84.2 Å². The molecular weight excluding hydrogens is 440 g/mol. The van der Waals surface area contributed by atoms with Gasteiger partial charge in [-0.05, 0) is 73.7 Å². The second-order valence-electron chi connectivity index (χ2n) is 9.15. The molecule has 178 valence electrons. The molecule has 5 rings (SSSR count). The highest BCUT2D eigenvalue weighted by Gasteiger charge is 2.46. The minimum Gasteiger partial charge on any atom is -0.457 e. The van der Waals surface area contributed by atoms with Gasteiger partial charge >= 0.3 is 0 Å². The summed E-state index contributed by atoms with van der Waals surface area (Å²) in [6, 6.07) is 15.2. The molecular formula is C27H28N6O2. The molecule has 0 radical (unpaired) electrons. The van der Waals surface area contributed by atoms with Gasteiger partial charge in [-0.2, -0.15) is 0 Å². The molecule has 1 saturated heterocycles.